The summed E-state index contributed by atoms with van der Waals surface area (Å²) in [6, 6.07) is 5.85. The van der Waals surface area contributed by atoms with E-state index in [0.717, 1.165) is 16.4 Å². The molecule has 0 aliphatic carbocycles. The van der Waals surface area contributed by atoms with Gasteiger partial charge in [0.2, 0.25) is 0 Å². The number of sulfonamides is 1. The molecule has 0 fully saturated rings. The quantitative estimate of drug-likeness (QED) is 0.907. The summed E-state index contributed by atoms with van der Waals surface area (Å²) in [5.41, 5.74) is -0.691. The van der Waals surface area contributed by atoms with Crippen LogP contribution in [0.15, 0.2) is 41.3 Å². The number of carboxylic acid groups (broad SMARTS) is 1. The molecule has 9 heteroatoms. The Balaban J connectivity index is 2.57. The van der Waals surface area contributed by atoms with Gasteiger partial charge in [0.25, 0.3) is 10.0 Å². The highest BCUT2D eigenvalue weighted by Crippen LogP contribution is 2.29. The van der Waals surface area contributed by atoms with Crippen LogP contribution in [0, 0.1) is 11.6 Å². The van der Waals surface area contributed by atoms with Crippen LogP contribution in [0.3, 0.4) is 0 Å². The third-order valence-corrected chi connectivity index (χ3v) is 5.33. The largest absolute Gasteiger partial charge is 0.478 e. The van der Waals surface area contributed by atoms with Crippen molar-refractivity contribution in [2.75, 3.05) is 11.4 Å². The number of rotatable bonds is 4. The average Bonchev–Trinajstić information content (AvgIpc) is 2.46. The Morgan fingerprint density at radius 3 is 2.26 bits per heavy atom. The van der Waals surface area contributed by atoms with E-state index in [9.17, 15) is 22.0 Å². The van der Waals surface area contributed by atoms with Crippen molar-refractivity contribution in [3.05, 3.63) is 58.6 Å². The van der Waals surface area contributed by atoms with Crippen LogP contribution in [0.4, 0.5) is 14.5 Å². The van der Waals surface area contributed by atoms with Crippen LogP contribution in [-0.2, 0) is 10.0 Å². The minimum atomic E-state index is -4.26. The summed E-state index contributed by atoms with van der Waals surface area (Å²) >= 11 is 5.75. The fraction of sp³-hybridized carbons (Fsp3) is 0.0714. The number of carboxylic acids is 1. The molecule has 122 valence electrons. The van der Waals surface area contributed by atoms with Gasteiger partial charge in [-0.2, -0.15) is 0 Å². The summed E-state index contributed by atoms with van der Waals surface area (Å²) in [6.45, 7) is 0. The SMILES string of the molecule is CN(c1ccc(F)cc1)S(=O)(=O)c1cc(C(=O)O)c(F)cc1Cl. The first-order valence-corrected chi connectivity index (χ1v) is 7.93. The molecule has 2 aromatic carbocycles. The Labute approximate surface area is 135 Å². The standard InChI is InChI=1S/C14H10ClF2NO4S/c1-18(9-4-2-8(16)3-5-9)23(21,22)13-6-10(14(19)20)12(17)7-11(13)15/h2-7H,1H3,(H,19,20). The van der Waals surface area contributed by atoms with Gasteiger partial charge in [-0.1, -0.05) is 11.6 Å². The van der Waals surface area contributed by atoms with Crippen molar-refractivity contribution >= 4 is 33.3 Å². The second-order valence-electron chi connectivity index (χ2n) is 4.52. The molecule has 0 radical (unpaired) electrons. The van der Waals surface area contributed by atoms with Gasteiger partial charge in [-0.15, -0.1) is 0 Å². The number of anilines is 1. The molecule has 0 saturated carbocycles. The zero-order valence-corrected chi connectivity index (χ0v) is 13.2. The number of benzene rings is 2. The average molecular weight is 362 g/mol. The lowest BCUT2D eigenvalue weighted by Gasteiger charge is -2.20. The molecular formula is C14H10ClF2NO4S. The van der Waals surface area contributed by atoms with E-state index in [1.54, 1.807) is 0 Å². The van der Waals surface area contributed by atoms with Crippen LogP contribution in [0.2, 0.25) is 5.02 Å². The molecule has 0 amide bonds. The lowest BCUT2D eigenvalue weighted by atomic mass is 10.2. The van der Waals surface area contributed by atoms with Crippen LogP contribution in [0.5, 0.6) is 0 Å². The number of halogens is 3. The zero-order valence-electron chi connectivity index (χ0n) is 11.6. The summed E-state index contributed by atoms with van der Waals surface area (Å²) in [5.74, 6) is -3.32. The van der Waals surface area contributed by atoms with E-state index in [2.05, 4.69) is 0 Å². The summed E-state index contributed by atoms with van der Waals surface area (Å²) < 4.78 is 52.3. The molecule has 2 rings (SSSR count). The monoisotopic (exact) mass is 361 g/mol. The highest BCUT2D eigenvalue weighted by molar-refractivity contribution is 7.93. The van der Waals surface area contributed by atoms with Gasteiger partial charge in [0.15, 0.2) is 0 Å². The Morgan fingerprint density at radius 1 is 1.17 bits per heavy atom. The highest BCUT2D eigenvalue weighted by Gasteiger charge is 2.27. The summed E-state index contributed by atoms with van der Waals surface area (Å²) in [4.78, 5) is 10.4. The van der Waals surface area contributed by atoms with Crippen molar-refractivity contribution in [2.24, 2.45) is 0 Å². The summed E-state index contributed by atoms with van der Waals surface area (Å²) in [5, 5.41) is 8.44. The first kappa shape index (κ1) is 17.2. The van der Waals surface area contributed by atoms with E-state index in [1.165, 1.54) is 19.2 Å². The van der Waals surface area contributed by atoms with Gasteiger partial charge in [0.05, 0.1) is 16.3 Å². The predicted octanol–water partition coefficient (Wildman–Crippen LogP) is 3.14. The zero-order chi connectivity index (χ0) is 17.4. The minimum Gasteiger partial charge on any atom is -0.478 e. The van der Waals surface area contributed by atoms with Crippen molar-refractivity contribution in [1.82, 2.24) is 0 Å². The molecule has 0 unspecified atom stereocenters. The van der Waals surface area contributed by atoms with Gasteiger partial charge in [-0.3, -0.25) is 4.31 Å². The van der Waals surface area contributed by atoms with Crippen LogP contribution >= 0.6 is 11.6 Å². The Kier molecular flexibility index (Phi) is 4.58. The summed E-state index contributed by atoms with van der Waals surface area (Å²) in [6.07, 6.45) is 0. The topological polar surface area (TPSA) is 74.7 Å². The molecule has 0 spiro atoms. The normalized spacial score (nSPS) is 11.3. The molecule has 0 saturated heterocycles. The number of hydrogen-bond donors (Lipinski definition) is 1. The Morgan fingerprint density at radius 2 is 1.74 bits per heavy atom. The van der Waals surface area contributed by atoms with Crippen molar-refractivity contribution in [2.45, 2.75) is 4.90 Å². The summed E-state index contributed by atoms with van der Waals surface area (Å²) in [7, 11) is -3.08. The van der Waals surface area contributed by atoms with Crippen LogP contribution in [0.1, 0.15) is 10.4 Å². The molecule has 0 heterocycles. The fourth-order valence-electron chi connectivity index (χ4n) is 1.83. The fourth-order valence-corrected chi connectivity index (χ4v) is 3.54. The maximum Gasteiger partial charge on any atom is 0.338 e. The van der Waals surface area contributed by atoms with Crippen LogP contribution in [0.25, 0.3) is 0 Å². The van der Waals surface area contributed by atoms with E-state index in [-0.39, 0.29) is 5.69 Å². The Hall–Kier alpha value is -2.19. The van der Waals surface area contributed by atoms with Gasteiger partial charge >= 0.3 is 5.97 Å². The van der Waals surface area contributed by atoms with E-state index < -0.39 is 43.1 Å². The lowest BCUT2D eigenvalue weighted by molar-refractivity contribution is 0.0691. The van der Waals surface area contributed by atoms with E-state index in [0.29, 0.717) is 12.1 Å². The molecule has 2 aromatic rings. The molecule has 0 aliphatic rings. The molecule has 0 aromatic heterocycles. The second-order valence-corrected chi connectivity index (χ2v) is 6.86. The number of aromatic carboxylic acids is 1. The van der Waals surface area contributed by atoms with Crippen molar-refractivity contribution < 1.29 is 27.1 Å². The van der Waals surface area contributed by atoms with Crippen molar-refractivity contribution in [1.29, 1.82) is 0 Å². The molecule has 23 heavy (non-hydrogen) atoms. The second kappa shape index (κ2) is 6.13. The van der Waals surface area contributed by atoms with Crippen molar-refractivity contribution in [3.8, 4) is 0 Å². The molecule has 0 atom stereocenters. The minimum absolute atomic E-state index is 0.128. The lowest BCUT2D eigenvalue weighted by Crippen LogP contribution is -2.27. The van der Waals surface area contributed by atoms with Gasteiger partial charge < -0.3 is 5.11 Å². The highest BCUT2D eigenvalue weighted by atomic mass is 35.5. The van der Waals surface area contributed by atoms with E-state index in [4.69, 9.17) is 16.7 Å². The van der Waals surface area contributed by atoms with Crippen molar-refractivity contribution in [3.63, 3.8) is 0 Å². The predicted molar refractivity (Wildman–Crippen MR) is 80.4 cm³/mol. The molecular weight excluding hydrogens is 352 g/mol. The molecule has 5 nitrogen and oxygen atoms in total. The first-order valence-electron chi connectivity index (χ1n) is 6.11. The van der Waals surface area contributed by atoms with Gasteiger partial charge in [-0.25, -0.2) is 22.0 Å². The number of nitrogens with zero attached hydrogens (tertiary/aromatic N) is 1. The number of hydrogen-bond acceptors (Lipinski definition) is 3. The number of carbonyl (C=O) groups is 1. The molecule has 0 aliphatic heterocycles. The van der Waals surface area contributed by atoms with Gasteiger partial charge in [0.1, 0.15) is 16.5 Å². The molecule has 0 bridgehead atoms. The third-order valence-electron chi connectivity index (χ3n) is 3.08. The van der Waals surface area contributed by atoms with Gasteiger partial charge in [-0.05, 0) is 36.4 Å². The Bertz CT molecular complexity index is 869. The van der Waals surface area contributed by atoms with E-state index >= 15 is 0 Å². The van der Waals surface area contributed by atoms with Crippen LogP contribution in [-0.4, -0.2) is 26.5 Å². The first-order chi connectivity index (χ1) is 10.6. The van der Waals surface area contributed by atoms with Crippen LogP contribution < -0.4 is 4.31 Å². The smallest absolute Gasteiger partial charge is 0.338 e. The van der Waals surface area contributed by atoms with Gasteiger partial charge in [0, 0.05) is 7.05 Å². The third kappa shape index (κ3) is 3.27. The maximum atomic E-state index is 13.5. The molecule has 1 N–H and O–H groups in total. The van der Waals surface area contributed by atoms with E-state index in [1.807, 2.05) is 0 Å². The maximum absolute atomic E-state index is 13.5.